The summed E-state index contributed by atoms with van der Waals surface area (Å²) in [5.41, 5.74) is 5.34. The second-order valence-corrected chi connectivity index (χ2v) is 5.74. The molecule has 0 aliphatic carbocycles. The van der Waals surface area contributed by atoms with Crippen molar-refractivity contribution in [2.45, 2.75) is 39.7 Å². The monoisotopic (exact) mass is 299 g/mol. The second kappa shape index (κ2) is 7.28. The molecule has 0 aromatic rings. The Balaban J connectivity index is 2.77. The van der Waals surface area contributed by atoms with Gasteiger partial charge in [-0.1, -0.05) is 6.92 Å². The number of primary amides is 1. The average molecular weight is 299 g/mol. The highest BCUT2D eigenvalue weighted by atomic mass is 16.4. The highest BCUT2D eigenvalue weighted by Crippen LogP contribution is 2.23. The third kappa shape index (κ3) is 4.34. The molecule has 120 valence electrons. The molecular weight excluding hydrogens is 274 g/mol. The number of carboxylic acids is 1. The number of likely N-dealkylation sites (tertiary alicyclic amines) is 1. The van der Waals surface area contributed by atoms with Crippen LogP contribution in [0.4, 0.5) is 4.79 Å². The minimum atomic E-state index is -0.928. The van der Waals surface area contributed by atoms with E-state index >= 15 is 0 Å². The van der Waals surface area contributed by atoms with Crippen molar-refractivity contribution < 1.29 is 19.5 Å². The number of amides is 3. The van der Waals surface area contributed by atoms with E-state index in [4.69, 9.17) is 10.8 Å². The normalized spacial score (nSPS) is 23.5. The molecule has 7 heteroatoms. The highest BCUT2D eigenvalue weighted by molar-refractivity contribution is 5.80. The van der Waals surface area contributed by atoms with Crippen LogP contribution in [0.5, 0.6) is 0 Å². The molecule has 7 nitrogen and oxygen atoms in total. The van der Waals surface area contributed by atoms with Crippen molar-refractivity contribution >= 4 is 17.9 Å². The van der Waals surface area contributed by atoms with Gasteiger partial charge in [-0.2, -0.15) is 0 Å². The topological polar surface area (TPSA) is 104 Å². The zero-order chi connectivity index (χ0) is 16.2. The fourth-order valence-corrected chi connectivity index (χ4v) is 2.54. The van der Waals surface area contributed by atoms with E-state index in [2.05, 4.69) is 0 Å². The fourth-order valence-electron chi connectivity index (χ4n) is 2.54. The van der Waals surface area contributed by atoms with Crippen molar-refractivity contribution in [1.82, 2.24) is 9.80 Å². The van der Waals surface area contributed by atoms with E-state index in [9.17, 15) is 14.4 Å². The first kappa shape index (κ1) is 17.3. The van der Waals surface area contributed by atoms with Crippen LogP contribution in [0.1, 0.15) is 33.6 Å². The summed E-state index contributed by atoms with van der Waals surface area (Å²) in [4.78, 5) is 38.0. The van der Waals surface area contributed by atoms with Crippen molar-refractivity contribution in [3.63, 3.8) is 0 Å². The van der Waals surface area contributed by atoms with Gasteiger partial charge in [-0.25, -0.2) is 4.79 Å². The number of rotatable bonds is 5. The summed E-state index contributed by atoms with van der Waals surface area (Å²) in [7, 11) is 0. The lowest BCUT2D eigenvalue weighted by molar-refractivity contribution is -0.141. The summed E-state index contributed by atoms with van der Waals surface area (Å²) in [5, 5.41) is 8.97. The van der Waals surface area contributed by atoms with E-state index in [1.807, 2.05) is 13.8 Å². The molecule has 0 bridgehead atoms. The maximum Gasteiger partial charge on any atom is 0.320 e. The Morgan fingerprint density at radius 1 is 1.38 bits per heavy atom. The number of carbonyl (C=O) groups excluding carboxylic acids is 2. The molecule has 3 amide bonds. The van der Waals surface area contributed by atoms with E-state index in [0.717, 1.165) is 6.42 Å². The minimum Gasteiger partial charge on any atom is -0.481 e. The number of hydrogen-bond donors (Lipinski definition) is 2. The molecule has 1 heterocycles. The number of aliphatic carboxylic acids is 1. The average Bonchev–Trinajstić information content (AvgIpc) is 2.43. The first-order valence-electron chi connectivity index (χ1n) is 7.35. The summed E-state index contributed by atoms with van der Waals surface area (Å²) >= 11 is 0. The van der Waals surface area contributed by atoms with Crippen LogP contribution in [0.25, 0.3) is 0 Å². The Labute approximate surface area is 125 Å². The molecule has 1 rings (SSSR count). The second-order valence-electron chi connectivity index (χ2n) is 5.74. The first-order chi connectivity index (χ1) is 9.77. The smallest absolute Gasteiger partial charge is 0.320 e. The Bertz CT molecular complexity index is 413. The fraction of sp³-hybridized carbons (Fsp3) is 0.786. The number of nitrogens with two attached hydrogens (primary N) is 1. The van der Waals surface area contributed by atoms with Gasteiger partial charge >= 0.3 is 12.0 Å². The summed E-state index contributed by atoms with van der Waals surface area (Å²) < 4.78 is 0. The van der Waals surface area contributed by atoms with Crippen LogP contribution < -0.4 is 5.73 Å². The molecule has 0 radical (unpaired) electrons. The Hall–Kier alpha value is -1.79. The third-order valence-electron chi connectivity index (χ3n) is 4.10. The molecule has 0 spiro atoms. The highest BCUT2D eigenvalue weighted by Gasteiger charge is 2.34. The Morgan fingerprint density at radius 2 is 2.00 bits per heavy atom. The van der Waals surface area contributed by atoms with Gasteiger partial charge < -0.3 is 20.6 Å². The minimum absolute atomic E-state index is 0.0299. The molecule has 0 aromatic heterocycles. The number of carboxylic acid groups (broad SMARTS) is 1. The summed E-state index contributed by atoms with van der Waals surface area (Å²) in [5.74, 6) is -2.26. The number of urea groups is 1. The molecule has 1 aliphatic rings. The lowest BCUT2D eigenvalue weighted by Crippen LogP contribution is -2.54. The zero-order valence-electron chi connectivity index (χ0n) is 12.9. The molecule has 0 aromatic carbocycles. The van der Waals surface area contributed by atoms with Crippen LogP contribution in [0.3, 0.4) is 0 Å². The van der Waals surface area contributed by atoms with Crippen molar-refractivity contribution in [2.24, 2.45) is 17.6 Å². The molecule has 3 N–H and O–H groups in total. The van der Waals surface area contributed by atoms with Crippen LogP contribution in [0.15, 0.2) is 0 Å². The van der Waals surface area contributed by atoms with Crippen molar-refractivity contribution in [3.05, 3.63) is 0 Å². The van der Waals surface area contributed by atoms with Gasteiger partial charge in [0.25, 0.3) is 0 Å². The van der Waals surface area contributed by atoms with Crippen molar-refractivity contribution in [3.8, 4) is 0 Å². The van der Waals surface area contributed by atoms with Gasteiger partial charge in [-0.3, -0.25) is 9.59 Å². The molecule has 1 saturated heterocycles. The quantitative estimate of drug-likeness (QED) is 0.781. The van der Waals surface area contributed by atoms with Gasteiger partial charge in [0.1, 0.15) is 0 Å². The van der Waals surface area contributed by atoms with E-state index in [1.54, 1.807) is 11.8 Å². The van der Waals surface area contributed by atoms with Crippen LogP contribution in [-0.2, 0) is 9.59 Å². The van der Waals surface area contributed by atoms with E-state index in [1.165, 1.54) is 4.90 Å². The van der Waals surface area contributed by atoms with E-state index < -0.39 is 11.9 Å². The largest absolute Gasteiger partial charge is 0.481 e. The number of hydrogen-bond acceptors (Lipinski definition) is 3. The summed E-state index contributed by atoms with van der Waals surface area (Å²) in [6.07, 6.45) is 1.42. The summed E-state index contributed by atoms with van der Waals surface area (Å²) in [6.45, 7) is 6.23. The number of carbonyl (C=O) groups is 3. The maximum absolute atomic E-state index is 12.6. The van der Waals surface area contributed by atoms with Gasteiger partial charge in [0.15, 0.2) is 0 Å². The van der Waals surface area contributed by atoms with Crippen molar-refractivity contribution in [2.75, 3.05) is 19.6 Å². The molecule has 1 fully saturated rings. The van der Waals surface area contributed by atoms with Gasteiger partial charge in [0.2, 0.25) is 5.91 Å². The number of piperidine rings is 1. The van der Waals surface area contributed by atoms with Gasteiger partial charge in [0.05, 0.1) is 11.8 Å². The van der Waals surface area contributed by atoms with E-state index in [0.29, 0.717) is 19.5 Å². The lowest BCUT2D eigenvalue weighted by Gasteiger charge is -2.40. The number of nitrogens with zero attached hydrogens (tertiary/aromatic N) is 2. The Kier molecular flexibility index (Phi) is 5.99. The van der Waals surface area contributed by atoms with Crippen LogP contribution in [-0.4, -0.2) is 58.5 Å². The molecule has 3 unspecified atom stereocenters. The van der Waals surface area contributed by atoms with Crippen LogP contribution >= 0.6 is 0 Å². The van der Waals surface area contributed by atoms with Crippen LogP contribution in [0, 0.1) is 11.8 Å². The first-order valence-corrected chi connectivity index (χ1v) is 7.35. The van der Waals surface area contributed by atoms with Crippen LogP contribution in [0.2, 0.25) is 0 Å². The SMILES string of the molecule is CCN(CC(C)C(=O)O)C(=O)N1CC(C(N)=O)CCC1C. The van der Waals surface area contributed by atoms with Gasteiger partial charge in [-0.05, 0) is 26.7 Å². The van der Waals surface area contributed by atoms with Gasteiger partial charge in [-0.15, -0.1) is 0 Å². The standard InChI is InChI=1S/C14H25N3O4/c1-4-16(7-9(2)13(19)20)14(21)17-8-11(12(15)18)6-5-10(17)3/h9-11H,4-8H2,1-3H3,(H2,15,18)(H,19,20). The molecule has 0 saturated carbocycles. The zero-order valence-corrected chi connectivity index (χ0v) is 12.9. The Morgan fingerprint density at radius 3 is 2.48 bits per heavy atom. The molecule has 1 aliphatic heterocycles. The predicted molar refractivity (Wildman–Crippen MR) is 77.5 cm³/mol. The summed E-state index contributed by atoms with van der Waals surface area (Å²) in [6, 6.07) is -0.189. The predicted octanol–water partition coefficient (Wildman–Crippen LogP) is 0.735. The molecular formula is C14H25N3O4. The lowest BCUT2D eigenvalue weighted by atomic mass is 9.93. The van der Waals surface area contributed by atoms with Gasteiger partial charge in [0, 0.05) is 25.7 Å². The molecule has 3 atom stereocenters. The third-order valence-corrected chi connectivity index (χ3v) is 4.10. The molecule has 21 heavy (non-hydrogen) atoms. The maximum atomic E-state index is 12.6. The van der Waals surface area contributed by atoms with E-state index in [-0.39, 0.29) is 30.4 Å². The van der Waals surface area contributed by atoms with Crippen molar-refractivity contribution in [1.29, 1.82) is 0 Å².